The molecule has 0 aliphatic rings. The van der Waals surface area contributed by atoms with Gasteiger partial charge in [0.05, 0.1) is 17.7 Å². The van der Waals surface area contributed by atoms with Gasteiger partial charge < -0.3 is 20.8 Å². The number of pyridine rings is 1. The van der Waals surface area contributed by atoms with Gasteiger partial charge in [-0.2, -0.15) is 13.2 Å². The van der Waals surface area contributed by atoms with Crippen LogP contribution in [0.15, 0.2) is 24.5 Å². The van der Waals surface area contributed by atoms with Crippen LogP contribution in [0.2, 0.25) is 0 Å². The number of rotatable bonds is 4. The summed E-state index contributed by atoms with van der Waals surface area (Å²) in [5.41, 5.74) is 3.35. The number of hydrogen-bond donors (Lipinski definition) is 4. The van der Waals surface area contributed by atoms with Crippen LogP contribution in [-0.4, -0.2) is 34.3 Å². The van der Waals surface area contributed by atoms with Crippen LogP contribution in [0, 0.1) is 5.41 Å². The third kappa shape index (κ3) is 4.18. The van der Waals surface area contributed by atoms with Crippen molar-refractivity contribution in [3.8, 4) is 0 Å². The van der Waals surface area contributed by atoms with Crippen molar-refractivity contribution in [3.63, 3.8) is 0 Å². The van der Waals surface area contributed by atoms with E-state index >= 15 is 0 Å². The average molecular weight is 369 g/mol. The van der Waals surface area contributed by atoms with E-state index in [1.807, 2.05) is 5.32 Å². The predicted molar refractivity (Wildman–Crippen MR) is 84.7 cm³/mol. The van der Waals surface area contributed by atoms with Gasteiger partial charge >= 0.3 is 12.1 Å². The molecule has 0 aromatic carbocycles. The van der Waals surface area contributed by atoms with Crippen LogP contribution in [0.25, 0.3) is 0 Å². The zero-order chi connectivity index (χ0) is 19.5. The number of halogens is 3. The van der Waals surface area contributed by atoms with Gasteiger partial charge in [0.15, 0.2) is 0 Å². The van der Waals surface area contributed by atoms with Crippen LogP contribution in [-0.2, 0) is 10.9 Å². The lowest BCUT2D eigenvalue weighted by molar-refractivity contribution is -0.137. The Balaban J connectivity index is 2.20. The first kappa shape index (κ1) is 19.0. The van der Waals surface area contributed by atoms with Crippen LogP contribution >= 0.6 is 0 Å². The Morgan fingerprint density at radius 2 is 2.08 bits per heavy atom. The van der Waals surface area contributed by atoms with E-state index in [9.17, 15) is 22.8 Å². The molecule has 0 saturated carbocycles. The number of H-pyrrole nitrogens is 1. The third-order valence-corrected chi connectivity index (χ3v) is 3.18. The fraction of sp³-hybridized carbons (Fsp3) is 0.200. The van der Waals surface area contributed by atoms with Crippen LogP contribution in [0.3, 0.4) is 0 Å². The number of carbonyl (C=O) groups is 2. The molecule has 5 N–H and O–H groups in total. The van der Waals surface area contributed by atoms with Gasteiger partial charge in [-0.05, 0) is 19.1 Å². The van der Waals surface area contributed by atoms with Crippen LogP contribution < -0.4 is 11.1 Å². The zero-order valence-corrected chi connectivity index (χ0v) is 13.4. The smallest absolute Gasteiger partial charge is 0.417 e. The maximum Gasteiger partial charge on any atom is 0.417 e. The van der Waals surface area contributed by atoms with Crippen LogP contribution in [0.4, 0.5) is 19.0 Å². The molecule has 2 rings (SSSR count). The number of alkyl halides is 3. The summed E-state index contributed by atoms with van der Waals surface area (Å²) in [6.45, 7) is 1.75. The molecule has 1 amide bonds. The highest BCUT2D eigenvalue weighted by Crippen LogP contribution is 2.32. The summed E-state index contributed by atoms with van der Waals surface area (Å²) in [5.74, 6) is -2.76. The lowest BCUT2D eigenvalue weighted by Gasteiger charge is -2.14. The van der Waals surface area contributed by atoms with Crippen molar-refractivity contribution >= 4 is 23.5 Å². The first-order valence-corrected chi connectivity index (χ1v) is 7.22. The standard InChI is InChI=1S/C15H14F3N5O3/c1-2-26-14(25)7-3-10(21-5-7)13(24)23-12(20)8-6-22-11(19)4-9(8)15(16,17)18/h3-6,21H,2H2,1H3,(H2,19,22)(H2,20,23,24). The van der Waals surface area contributed by atoms with Crippen molar-refractivity contribution in [3.05, 3.63) is 46.9 Å². The molecule has 0 atom stereocenters. The molecule has 0 radical (unpaired) electrons. The van der Waals surface area contributed by atoms with Crippen molar-refractivity contribution < 1.29 is 27.5 Å². The van der Waals surface area contributed by atoms with Gasteiger partial charge in [0.25, 0.3) is 5.91 Å². The molecule has 0 saturated heterocycles. The summed E-state index contributed by atoms with van der Waals surface area (Å²) in [6.07, 6.45) is -2.82. The van der Waals surface area contributed by atoms with Gasteiger partial charge in [0, 0.05) is 18.0 Å². The molecule has 2 aromatic rings. The number of aromatic amines is 1. The van der Waals surface area contributed by atoms with Crippen molar-refractivity contribution in [1.29, 1.82) is 5.41 Å². The van der Waals surface area contributed by atoms with E-state index in [0.717, 1.165) is 12.3 Å². The molecule has 138 valence electrons. The van der Waals surface area contributed by atoms with Crippen LogP contribution in [0.5, 0.6) is 0 Å². The monoisotopic (exact) mass is 369 g/mol. The number of nitrogens with two attached hydrogens (primary N) is 1. The molecule has 2 aromatic heterocycles. The first-order chi connectivity index (χ1) is 12.1. The van der Waals surface area contributed by atoms with E-state index in [-0.39, 0.29) is 23.7 Å². The van der Waals surface area contributed by atoms with Gasteiger partial charge in [-0.3, -0.25) is 10.2 Å². The van der Waals surface area contributed by atoms with E-state index in [0.29, 0.717) is 6.07 Å². The van der Waals surface area contributed by atoms with Crippen LogP contribution in [0.1, 0.15) is 38.9 Å². The Bertz CT molecular complexity index is 860. The van der Waals surface area contributed by atoms with Crippen molar-refractivity contribution in [2.45, 2.75) is 13.1 Å². The van der Waals surface area contributed by atoms with E-state index in [2.05, 4.69) is 9.97 Å². The second-order valence-electron chi connectivity index (χ2n) is 5.00. The number of nitrogens with one attached hydrogen (secondary N) is 3. The summed E-state index contributed by atoms with van der Waals surface area (Å²) in [4.78, 5) is 29.6. The number of nitrogen functional groups attached to an aromatic ring is 1. The van der Waals surface area contributed by atoms with Gasteiger partial charge in [0.2, 0.25) is 0 Å². The SMILES string of the molecule is CCOC(=O)c1c[nH]c(C(=O)NC(=N)c2cnc(N)cc2C(F)(F)F)c1. The number of esters is 1. The maximum absolute atomic E-state index is 13.1. The molecule has 2 heterocycles. The number of hydrogen-bond acceptors (Lipinski definition) is 6. The Morgan fingerprint density at radius 3 is 2.69 bits per heavy atom. The summed E-state index contributed by atoms with van der Waals surface area (Å²) in [7, 11) is 0. The van der Waals surface area contributed by atoms with Crippen molar-refractivity contribution in [1.82, 2.24) is 15.3 Å². The topological polar surface area (TPSA) is 134 Å². The minimum Gasteiger partial charge on any atom is -0.462 e. The number of carbonyl (C=O) groups excluding carboxylic acids is 2. The number of amides is 1. The van der Waals surface area contributed by atoms with Gasteiger partial charge in [-0.15, -0.1) is 0 Å². The molecule has 0 fully saturated rings. The lowest BCUT2D eigenvalue weighted by atomic mass is 10.1. The first-order valence-electron chi connectivity index (χ1n) is 7.22. The quantitative estimate of drug-likeness (QED) is 0.371. The summed E-state index contributed by atoms with van der Waals surface area (Å²) >= 11 is 0. The highest BCUT2D eigenvalue weighted by Gasteiger charge is 2.35. The second-order valence-corrected chi connectivity index (χ2v) is 5.00. The molecular weight excluding hydrogens is 355 g/mol. The molecule has 8 nitrogen and oxygen atoms in total. The second kappa shape index (κ2) is 7.25. The number of nitrogens with zero attached hydrogens (tertiary/aromatic N) is 1. The molecule has 0 aliphatic carbocycles. The molecule has 0 spiro atoms. The average Bonchev–Trinajstić information content (AvgIpc) is 3.04. The Labute approximate surface area is 145 Å². The third-order valence-electron chi connectivity index (χ3n) is 3.18. The number of anilines is 1. The number of amidine groups is 1. The van der Waals surface area contributed by atoms with Gasteiger partial charge in [0.1, 0.15) is 17.3 Å². The molecule has 11 heteroatoms. The summed E-state index contributed by atoms with van der Waals surface area (Å²) in [6, 6.07) is 1.73. The Morgan fingerprint density at radius 1 is 1.38 bits per heavy atom. The zero-order valence-electron chi connectivity index (χ0n) is 13.4. The van der Waals surface area contributed by atoms with E-state index in [1.165, 1.54) is 6.20 Å². The van der Waals surface area contributed by atoms with Gasteiger partial charge in [-0.1, -0.05) is 0 Å². The normalized spacial score (nSPS) is 11.1. The van der Waals surface area contributed by atoms with E-state index in [1.54, 1.807) is 6.92 Å². The fourth-order valence-electron chi connectivity index (χ4n) is 2.01. The minimum absolute atomic E-state index is 0.0636. The Kier molecular flexibility index (Phi) is 5.29. The van der Waals surface area contributed by atoms with Crippen molar-refractivity contribution in [2.75, 3.05) is 12.3 Å². The molecule has 0 aliphatic heterocycles. The number of ether oxygens (including phenoxy) is 1. The highest BCUT2D eigenvalue weighted by atomic mass is 19.4. The van der Waals surface area contributed by atoms with Gasteiger partial charge in [-0.25, -0.2) is 9.78 Å². The minimum atomic E-state index is -4.78. The molecular formula is C15H14F3N5O3. The highest BCUT2D eigenvalue weighted by molar-refractivity contribution is 6.12. The van der Waals surface area contributed by atoms with Crippen molar-refractivity contribution in [2.24, 2.45) is 0 Å². The Hall–Kier alpha value is -3.37. The number of aromatic nitrogens is 2. The largest absolute Gasteiger partial charge is 0.462 e. The predicted octanol–water partition coefficient (Wildman–Crippen LogP) is 1.94. The summed E-state index contributed by atoms with van der Waals surface area (Å²) in [5, 5.41) is 9.75. The maximum atomic E-state index is 13.1. The summed E-state index contributed by atoms with van der Waals surface area (Å²) < 4.78 is 43.9. The molecule has 0 bridgehead atoms. The van der Waals surface area contributed by atoms with E-state index in [4.69, 9.17) is 15.9 Å². The van der Waals surface area contributed by atoms with E-state index < -0.39 is 35.0 Å². The lowest BCUT2D eigenvalue weighted by Crippen LogP contribution is -2.32. The molecule has 26 heavy (non-hydrogen) atoms. The molecule has 0 unspecified atom stereocenters. The fourth-order valence-corrected chi connectivity index (χ4v) is 2.01.